The summed E-state index contributed by atoms with van der Waals surface area (Å²) < 4.78 is 5.79. The van der Waals surface area contributed by atoms with Crippen molar-refractivity contribution >= 4 is 23.3 Å². The van der Waals surface area contributed by atoms with Gasteiger partial charge in [0.1, 0.15) is 5.75 Å². The van der Waals surface area contributed by atoms with Gasteiger partial charge in [0, 0.05) is 11.4 Å². The van der Waals surface area contributed by atoms with Gasteiger partial charge in [-0.15, -0.1) is 0 Å². The number of nitrogens with one attached hydrogen (secondary N) is 2. The van der Waals surface area contributed by atoms with Crippen LogP contribution in [0.5, 0.6) is 11.8 Å². The van der Waals surface area contributed by atoms with Crippen LogP contribution in [0.3, 0.4) is 0 Å². The molecule has 1 heterocycles. The van der Waals surface area contributed by atoms with E-state index in [4.69, 9.17) is 4.74 Å². The molecule has 3 aromatic carbocycles. The second-order valence-electron chi connectivity index (χ2n) is 5.66. The second-order valence-corrected chi connectivity index (χ2v) is 5.66. The second kappa shape index (κ2) is 7.97. The Kier molecular flexibility index (Phi) is 4.88. The molecule has 0 amide bonds. The van der Waals surface area contributed by atoms with Gasteiger partial charge in [-0.05, 0) is 36.4 Å². The highest BCUT2D eigenvalue weighted by atomic mass is 16.5. The zero-order valence-electron chi connectivity index (χ0n) is 14.4. The van der Waals surface area contributed by atoms with Crippen molar-refractivity contribution in [1.29, 1.82) is 0 Å². The van der Waals surface area contributed by atoms with E-state index < -0.39 is 0 Å². The number of aromatic nitrogens is 3. The average molecular weight is 355 g/mol. The van der Waals surface area contributed by atoms with Crippen LogP contribution < -0.4 is 15.4 Å². The number of para-hydroxylation sites is 3. The molecule has 0 spiro atoms. The summed E-state index contributed by atoms with van der Waals surface area (Å²) in [4.78, 5) is 13.2. The van der Waals surface area contributed by atoms with E-state index in [9.17, 15) is 0 Å². The zero-order valence-corrected chi connectivity index (χ0v) is 14.4. The summed E-state index contributed by atoms with van der Waals surface area (Å²) in [5.74, 6) is 1.43. The summed E-state index contributed by atoms with van der Waals surface area (Å²) in [6.07, 6.45) is 0. The molecule has 0 radical (unpaired) electrons. The largest absolute Gasteiger partial charge is 0.424 e. The third-order valence-electron chi connectivity index (χ3n) is 3.63. The molecule has 6 heteroatoms. The maximum absolute atomic E-state index is 5.79. The number of benzene rings is 3. The van der Waals surface area contributed by atoms with Crippen LogP contribution in [0.25, 0.3) is 0 Å². The fraction of sp³-hybridized carbons (Fsp3) is 0. The third-order valence-corrected chi connectivity index (χ3v) is 3.63. The van der Waals surface area contributed by atoms with Crippen molar-refractivity contribution in [1.82, 2.24) is 15.0 Å². The first-order chi connectivity index (χ1) is 13.3. The molecular formula is C21H17N5O. The van der Waals surface area contributed by atoms with E-state index in [-0.39, 0.29) is 6.01 Å². The molecule has 4 aromatic rings. The van der Waals surface area contributed by atoms with E-state index >= 15 is 0 Å². The molecule has 0 unspecified atom stereocenters. The van der Waals surface area contributed by atoms with Crippen molar-refractivity contribution in [3.05, 3.63) is 91.0 Å². The fourth-order valence-electron chi connectivity index (χ4n) is 2.41. The molecule has 6 nitrogen and oxygen atoms in total. The monoisotopic (exact) mass is 355 g/mol. The Bertz CT molecular complexity index is 850. The van der Waals surface area contributed by atoms with E-state index in [1.807, 2.05) is 91.0 Å². The third kappa shape index (κ3) is 4.58. The summed E-state index contributed by atoms with van der Waals surface area (Å²) in [5.41, 5.74) is 1.75. The van der Waals surface area contributed by atoms with E-state index in [1.165, 1.54) is 0 Å². The standard InChI is InChI=1S/C21H17N5O/c1-4-10-16(11-5-1)22-19-24-20(23-17-12-6-2-7-13-17)26-21(25-19)27-18-14-8-3-9-15-18/h1-15H,(H2,22,23,24,25,26). The Morgan fingerprint density at radius 2 is 0.963 bits per heavy atom. The van der Waals surface area contributed by atoms with Crippen LogP contribution >= 0.6 is 0 Å². The molecule has 1 aromatic heterocycles. The Labute approximate surface area is 156 Å². The highest BCUT2D eigenvalue weighted by Gasteiger charge is 2.09. The summed E-state index contributed by atoms with van der Waals surface area (Å²) in [5, 5.41) is 6.35. The van der Waals surface area contributed by atoms with Crippen LogP contribution in [-0.4, -0.2) is 15.0 Å². The minimum Gasteiger partial charge on any atom is -0.424 e. The molecule has 0 aliphatic heterocycles. The summed E-state index contributed by atoms with van der Waals surface area (Å²) in [6, 6.07) is 29.0. The van der Waals surface area contributed by atoms with Crippen LogP contribution in [0.2, 0.25) is 0 Å². The number of hydrogen-bond acceptors (Lipinski definition) is 6. The van der Waals surface area contributed by atoms with Crippen molar-refractivity contribution in [2.75, 3.05) is 10.6 Å². The normalized spacial score (nSPS) is 10.2. The Hall–Kier alpha value is -3.93. The topological polar surface area (TPSA) is 72.0 Å². The van der Waals surface area contributed by atoms with Crippen molar-refractivity contribution in [2.45, 2.75) is 0 Å². The maximum atomic E-state index is 5.79. The van der Waals surface area contributed by atoms with E-state index in [2.05, 4.69) is 25.6 Å². The van der Waals surface area contributed by atoms with Crippen molar-refractivity contribution < 1.29 is 4.74 Å². The van der Waals surface area contributed by atoms with Crippen molar-refractivity contribution in [3.8, 4) is 11.8 Å². The first-order valence-corrected chi connectivity index (χ1v) is 8.48. The summed E-state index contributed by atoms with van der Waals surface area (Å²) >= 11 is 0. The average Bonchev–Trinajstić information content (AvgIpc) is 2.70. The number of ether oxygens (including phenoxy) is 1. The molecule has 0 fully saturated rings. The summed E-state index contributed by atoms with van der Waals surface area (Å²) in [7, 11) is 0. The van der Waals surface area contributed by atoms with Crippen LogP contribution in [0.4, 0.5) is 23.3 Å². The molecule has 0 saturated carbocycles. The molecular weight excluding hydrogens is 338 g/mol. The van der Waals surface area contributed by atoms with Gasteiger partial charge in [0.15, 0.2) is 0 Å². The summed E-state index contributed by atoms with van der Waals surface area (Å²) in [6.45, 7) is 0. The highest BCUT2D eigenvalue weighted by molar-refractivity contribution is 5.57. The van der Waals surface area contributed by atoms with Gasteiger partial charge in [0.05, 0.1) is 0 Å². The molecule has 0 saturated heterocycles. The molecule has 27 heavy (non-hydrogen) atoms. The van der Waals surface area contributed by atoms with Gasteiger partial charge in [0.25, 0.3) is 0 Å². The Morgan fingerprint density at radius 1 is 0.519 bits per heavy atom. The SMILES string of the molecule is c1ccc(Nc2nc(Nc3ccccc3)nc(Oc3ccccc3)n2)cc1. The maximum Gasteiger partial charge on any atom is 0.328 e. The molecule has 0 bridgehead atoms. The number of nitrogens with zero attached hydrogens (tertiary/aromatic N) is 3. The lowest BCUT2D eigenvalue weighted by Gasteiger charge is -2.10. The van der Waals surface area contributed by atoms with Gasteiger partial charge >= 0.3 is 6.01 Å². The van der Waals surface area contributed by atoms with Crippen LogP contribution in [-0.2, 0) is 0 Å². The van der Waals surface area contributed by atoms with Crippen LogP contribution in [0.15, 0.2) is 91.0 Å². The van der Waals surface area contributed by atoms with E-state index in [0.29, 0.717) is 17.6 Å². The van der Waals surface area contributed by atoms with Gasteiger partial charge in [-0.2, -0.15) is 15.0 Å². The lowest BCUT2D eigenvalue weighted by Crippen LogP contribution is -2.05. The predicted molar refractivity (Wildman–Crippen MR) is 106 cm³/mol. The fourth-order valence-corrected chi connectivity index (χ4v) is 2.41. The molecule has 4 rings (SSSR count). The molecule has 0 aliphatic carbocycles. The molecule has 0 atom stereocenters. The van der Waals surface area contributed by atoms with E-state index in [1.54, 1.807) is 0 Å². The van der Waals surface area contributed by atoms with Gasteiger partial charge < -0.3 is 15.4 Å². The smallest absolute Gasteiger partial charge is 0.328 e. The van der Waals surface area contributed by atoms with Crippen molar-refractivity contribution in [2.24, 2.45) is 0 Å². The zero-order chi connectivity index (χ0) is 18.3. The quantitative estimate of drug-likeness (QED) is 0.498. The Balaban J connectivity index is 1.64. The highest BCUT2D eigenvalue weighted by Crippen LogP contribution is 2.22. The number of rotatable bonds is 6. The minimum absolute atomic E-state index is 0.202. The van der Waals surface area contributed by atoms with Gasteiger partial charge in [-0.1, -0.05) is 54.6 Å². The van der Waals surface area contributed by atoms with E-state index in [0.717, 1.165) is 11.4 Å². The first kappa shape index (κ1) is 16.5. The molecule has 132 valence electrons. The predicted octanol–water partition coefficient (Wildman–Crippen LogP) is 5.15. The number of hydrogen-bond donors (Lipinski definition) is 2. The minimum atomic E-state index is 0.202. The van der Waals surface area contributed by atoms with Crippen molar-refractivity contribution in [3.63, 3.8) is 0 Å². The van der Waals surface area contributed by atoms with Gasteiger partial charge in [0.2, 0.25) is 11.9 Å². The van der Waals surface area contributed by atoms with Gasteiger partial charge in [-0.25, -0.2) is 0 Å². The number of anilines is 4. The molecule has 0 aliphatic rings. The lowest BCUT2D eigenvalue weighted by molar-refractivity contribution is 0.441. The first-order valence-electron chi connectivity index (χ1n) is 8.48. The molecule has 2 N–H and O–H groups in total. The van der Waals surface area contributed by atoms with Crippen LogP contribution in [0.1, 0.15) is 0 Å². The van der Waals surface area contributed by atoms with Crippen LogP contribution in [0, 0.1) is 0 Å². The van der Waals surface area contributed by atoms with Gasteiger partial charge in [-0.3, -0.25) is 0 Å². The lowest BCUT2D eigenvalue weighted by atomic mass is 10.3. The Morgan fingerprint density at radius 3 is 1.44 bits per heavy atom.